The van der Waals surface area contributed by atoms with Gasteiger partial charge in [0.1, 0.15) is 11.9 Å². The van der Waals surface area contributed by atoms with E-state index in [4.69, 9.17) is 4.74 Å². The number of ether oxygens (including phenoxy) is 1. The van der Waals surface area contributed by atoms with Crippen LogP contribution in [0.2, 0.25) is 0 Å². The summed E-state index contributed by atoms with van der Waals surface area (Å²) in [6, 6.07) is 0. The molecule has 0 aromatic carbocycles. The first-order chi connectivity index (χ1) is 7.69. The van der Waals surface area contributed by atoms with E-state index in [-0.39, 0.29) is 23.8 Å². The minimum Gasteiger partial charge on any atom is -0.462 e. The molecule has 3 nitrogen and oxygen atoms in total. The number of Topliss-reactive ketones (excluding diaryl/α,β-unsaturated/α-hetero) is 1. The van der Waals surface area contributed by atoms with Gasteiger partial charge in [0.2, 0.25) is 0 Å². The lowest BCUT2D eigenvalue weighted by Crippen LogP contribution is -2.24. The summed E-state index contributed by atoms with van der Waals surface area (Å²) < 4.78 is 5.25. The van der Waals surface area contributed by atoms with Crippen LogP contribution in [-0.2, 0) is 14.3 Å². The molecule has 0 heterocycles. The molecular formula is C13H18O3. The highest BCUT2D eigenvalue weighted by Crippen LogP contribution is 2.27. The fraction of sp³-hybridized carbons (Fsp3) is 0.692. The predicted molar refractivity (Wildman–Crippen MR) is 60.6 cm³/mol. The largest absolute Gasteiger partial charge is 0.462 e. The minimum atomic E-state index is -0.244. The number of rotatable bonds is 3. The maximum atomic E-state index is 11.6. The highest BCUT2D eigenvalue weighted by Gasteiger charge is 2.36. The standard InChI is InChI=1S/C13H18O3/c1-3-5-6-7-10-11(14)8-9-12(10)16-13(15)4-2/h10,12H,3-4,7-9H2,1-2H3. The van der Waals surface area contributed by atoms with Crippen LogP contribution in [0.4, 0.5) is 0 Å². The second kappa shape index (κ2) is 6.32. The summed E-state index contributed by atoms with van der Waals surface area (Å²) in [6.45, 7) is 3.73. The Labute approximate surface area is 96.5 Å². The Kier molecular flexibility index (Phi) is 5.04. The maximum absolute atomic E-state index is 11.6. The van der Waals surface area contributed by atoms with E-state index in [1.54, 1.807) is 6.92 Å². The van der Waals surface area contributed by atoms with Gasteiger partial charge >= 0.3 is 5.97 Å². The van der Waals surface area contributed by atoms with Crippen LogP contribution in [0.3, 0.4) is 0 Å². The summed E-state index contributed by atoms with van der Waals surface area (Å²) >= 11 is 0. The molecule has 88 valence electrons. The Hall–Kier alpha value is -1.30. The second-order valence-electron chi connectivity index (χ2n) is 3.90. The van der Waals surface area contributed by atoms with Crippen molar-refractivity contribution in [3.8, 4) is 11.8 Å². The molecule has 0 saturated heterocycles. The molecule has 1 aliphatic rings. The molecule has 0 aliphatic heterocycles. The van der Waals surface area contributed by atoms with Crippen LogP contribution in [0, 0.1) is 17.8 Å². The van der Waals surface area contributed by atoms with Gasteiger partial charge in [0.05, 0.1) is 5.92 Å². The lowest BCUT2D eigenvalue weighted by atomic mass is 10.0. The molecule has 0 amide bonds. The van der Waals surface area contributed by atoms with E-state index < -0.39 is 0 Å². The van der Waals surface area contributed by atoms with Crippen molar-refractivity contribution in [2.75, 3.05) is 0 Å². The van der Waals surface area contributed by atoms with Crippen molar-refractivity contribution < 1.29 is 14.3 Å². The lowest BCUT2D eigenvalue weighted by molar-refractivity contribution is -0.150. The van der Waals surface area contributed by atoms with Gasteiger partial charge in [0, 0.05) is 25.7 Å². The molecule has 16 heavy (non-hydrogen) atoms. The maximum Gasteiger partial charge on any atom is 0.305 e. The highest BCUT2D eigenvalue weighted by atomic mass is 16.5. The average molecular weight is 222 g/mol. The van der Waals surface area contributed by atoms with Gasteiger partial charge in [-0.25, -0.2) is 0 Å². The van der Waals surface area contributed by atoms with Crippen molar-refractivity contribution in [3.63, 3.8) is 0 Å². The van der Waals surface area contributed by atoms with Crippen molar-refractivity contribution >= 4 is 11.8 Å². The quantitative estimate of drug-likeness (QED) is 0.542. The van der Waals surface area contributed by atoms with Crippen molar-refractivity contribution in [1.29, 1.82) is 0 Å². The van der Waals surface area contributed by atoms with Crippen LogP contribution in [-0.4, -0.2) is 17.9 Å². The molecule has 0 aromatic rings. The molecular weight excluding hydrogens is 204 g/mol. The molecule has 1 saturated carbocycles. The van der Waals surface area contributed by atoms with Crippen LogP contribution in [0.1, 0.15) is 46.0 Å². The normalized spacial score (nSPS) is 23.8. The Morgan fingerprint density at radius 3 is 2.81 bits per heavy atom. The van der Waals surface area contributed by atoms with Crippen molar-refractivity contribution in [2.45, 2.75) is 52.1 Å². The first-order valence-electron chi connectivity index (χ1n) is 5.87. The predicted octanol–water partition coefficient (Wildman–Crippen LogP) is 2.09. The molecule has 0 radical (unpaired) electrons. The van der Waals surface area contributed by atoms with Gasteiger partial charge in [-0.2, -0.15) is 0 Å². The van der Waals surface area contributed by atoms with Gasteiger partial charge < -0.3 is 4.74 Å². The number of ketones is 1. The van der Waals surface area contributed by atoms with Gasteiger partial charge in [-0.1, -0.05) is 13.8 Å². The first-order valence-corrected chi connectivity index (χ1v) is 5.87. The summed E-state index contributed by atoms with van der Waals surface area (Å²) in [5.74, 6) is 5.66. The smallest absolute Gasteiger partial charge is 0.305 e. The molecule has 3 heteroatoms. The number of carbonyl (C=O) groups excluding carboxylic acids is 2. The van der Waals surface area contributed by atoms with Crippen LogP contribution < -0.4 is 0 Å². The first kappa shape index (κ1) is 12.8. The summed E-state index contributed by atoms with van der Waals surface area (Å²) in [4.78, 5) is 22.8. The zero-order valence-electron chi connectivity index (χ0n) is 9.91. The van der Waals surface area contributed by atoms with Gasteiger partial charge in [-0.3, -0.25) is 9.59 Å². The monoisotopic (exact) mass is 222 g/mol. The van der Waals surface area contributed by atoms with E-state index in [1.165, 1.54) is 0 Å². The molecule has 0 N–H and O–H groups in total. The average Bonchev–Trinajstić information content (AvgIpc) is 2.61. The van der Waals surface area contributed by atoms with Crippen molar-refractivity contribution in [2.24, 2.45) is 5.92 Å². The molecule has 2 atom stereocenters. The molecule has 1 fully saturated rings. The van der Waals surface area contributed by atoms with Gasteiger partial charge in [-0.15, -0.1) is 11.8 Å². The highest BCUT2D eigenvalue weighted by molar-refractivity contribution is 5.84. The molecule has 2 unspecified atom stereocenters. The van der Waals surface area contributed by atoms with E-state index in [9.17, 15) is 9.59 Å². The lowest BCUT2D eigenvalue weighted by Gasteiger charge is -2.16. The van der Waals surface area contributed by atoms with Crippen LogP contribution >= 0.6 is 0 Å². The van der Waals surface area contributed by atoms with E-state index in [1.807, 2.05) is 6.92 Å². The fourth-order valence-electron chi connectivity index (χ4n) is 1.82. The zero-order valence-corrected chi connectivity index (χ0v) is 9.91. The third-order valence-corrected chi connectivity index (χ3v) is 2.73. The van der Waals surface area contributed by atoms with Gasteiger partial charge in [-0.05, 0) is 6.42 Å². The van der Waals surface area contributed by atoms with E-state index >= 15 is 0 Å². The fourth-order valence-corrected chi connectivity index (χ4v) is 1.82. The molecule has 0 bridgehead atoms. The van der Waals surface area contributed by atoms with Gasteiger partial charge in [0.15, 0.2) is 0 Å². The summed E-state index contributed by atoms with van der Waals surface area (Å²) in [5.41, 5.74) is 0. The summed E-state index contributed by atoms with van der Waals surface area (Å²) in [5, 5.41) is 0. The number of hydrogen-bond acceptors (Lipinski definition) is 3. The Morgan fingerprint density at radius 2 is 2.19 bits per heavy atom. The summed E-state index contributed by atoms with van der Waals surface area (Å²) in [6.07, 6.45) is 2.60. The second-order valence-corrected chi connectivity index (χ2v) is 3.90. The molecule has 1 rings (SSSR count). The number of hydrogen-bond donors (Lipinski definition) is 0. The van der Waals surface area contributed by atoms with E-state index in [2.05, 4.69) is 11.8 Å². The summed E-state index contributed by atoms with van der Waals surface area (Å²) in [7, 11) is 0. The minimum absolute atomic E-state index is 0.180. The third kappa shape index (κ3) is 3.37. The topological polar surface area (TPSA) is 43.4 Å². The number of carbonyl (C=O) groups is 2. The van der Waals surface area contributed by atoms with E-state index in [0.29, 0.717) is 25.7 Å². The molecule has 1 aliphatic carbocycles. The van der Waals surface area contributed by atoms with Crippen molar-refractivity contribution in [3.05, 3.63) is 0 Å². The Bertz CT molecular complexity index is 322. The molecule has 0 spiro atoms. The van der Waals surface area contributed by atoms with Crippen molar-refractivity contribution in [1.82, 2.24) is 0 Å². The van der Waals surface area contributed by atoms with Crippen LogP contribution in [0.25, 0.3) is 0 Å². The third-order valence-electron chi connectivity index (χ3n) is 2.73. The number of esters is 1. The molecule has 0 aromatic heterocycles. The Balaban J connectivity index is 2.55. The van der Waals surface area contributed by atoms with Crippen LogP contribution in [0.5, 0.6) is 0 Å². The SMILES string of the molecule is CCC#CCC1C(=O)CCC1OC(=O)CC. The Morgan fingerprint density at radius 1 is 1.44 bits per heavy atom. The zero-order chi connectivity index (χ0) is 12.0. The van der Waals surface area contributed by atoms with Gasteiger partial charge in [0.25, 0.3) is 0 Å². The van der Waals surface area contributed by atoms with Crippen LogP contribution in [0.15, 0.2) is 0 Å². The van der Waals surface area contributed by atoms with E-state index in [0.717, 1.165) is 6.42 Å².